The van der Waals surface area contributed by atoms with E-state index in [4.69, 9.17) is 5.11 Å². The summed E-state index contributed by atoms with van der Waals surface area (Å²) < 4.78 is 14.7. The van der Waals surface area contributed by atoms with Gasteiger partial charge in [-0.05, 0) is 18.8 Å². The number of carbonyl (C=O) groups is 1. The van der Waals surface area contributed by atoms with Gasteiger partial charge in [-0.2, -0.15) is 0 Å². The van der Waals surface area contributed by atoms with Crippen molar-refractivity contribution in [3.63, 3.8) is 0 Å². The van der Waals surface area contributed by atoms with Crippen molar-refractivity contribution in [1.82, 2.24) is 4.72 Å². The van der Waals surface area contributed by atoms with Crippen LogP contribution < -0.4 is 4.72 Å². The minimum absolute atomic E-state index is 0.0509. The number of aliphatic carboxylic acids is 1. The Labute approximate surface area is 99.4 Å². The van der Waals surface area contributed by atoms with Crippen LogP contribution in [-0.2, 0) is 15.8 Å². The summed E-state index contributed by atoms with van der Waals surface area (Å²) in [5.41, 5.74) is 0. The fourth-order valence-corrected chi connectivity index (χ4v) is 3.55. The van der Waals surface area contributed by atoms with Crippen molar-refractivity contribution in [2.45, 2.75) is 57.2 Å². The number of hydrogen-bond donors (Lipinski definition) is 2. The van der Waals surface area contributed by atoms with Gasteiger partial charge in [0.2, 0.25) is 0 Å². The molecule has 1 rings (SSSR count). The highest BCUT2D eigenvalue weighted by atomic mass is 32.2. The Hall–Kier alpha value is -0.420. The average molecular weight is 247 g/mol. The molecule has 1 aliphatic carbocycles. The van der Waals surface area contributed by atoms with Crippen LogP contribution >= 0.6 is 0 Å². The quantitative estimate of drug-likeness (QED) is 0.777. The van der Waals surface area contributed by atoms with E-state index in [2.05, 4.69) is 4.72 Å². The van der Waals surface area contributed by atoms with Crippen molar-refractivity contribution < 1.29 is 14.1 Å². The minimum atomic E-state index is -1.21. The monoisotopic (exact) mass is 247 g/mol. The smallest absolute Gasteiger partial charge is 0.321 e. The summed E-state index contributed by atoms with van der Waals surface area (Å²) in [7, 11) is -1.21. The molecule has 0 radical (unpaired) electrons. The number of rotatable bonds is 5. The summed E-state index contributed by atoms with van der Waals surface area (Å²) in [6.45, 7) is 3.65. The molecule has 0 aromatic heterocycles. The summed E-state index contributed by atoms with van der Waals surface area (Å²) >= 11 is 0. The Morgan fingerprint density at radius 3 is 2.31 bits per heavy atom. The molecule has 0 aromatic rings. The molecule has 2 N–H and O–H groups in total. The van der Waals surface area contributed by atoms with Gasteiger partial charge in [-0.1, -0.05) is 33.1 Å². The fourth-order valence-electron chi connectivity index (χ4n) is 1.97. The second-order valence-electron chi connectivity index (χ2n) is 4.74. The van der Waals surface area contributed by atoms with E-state index in [1.165, 1.54) is 6.42 Å². The van der Waals surface area contributed by atoms with Gasteiger partial charge in [-0.25, -0.2) is 8.93 Å². The number of nitrogens with one attached hydrogen (secondary N) is 1. The van der Waals surface area contributed by atoms with E-state index >= 15 is 0 Å². The lowest BCUT2D eigenvalue weighted by atomic mass is 10.0. The molecule has 0 saturated heterocycles. The van der Waals surface area contributed by atoms with Crippen molar-refractivity contribution in [3.05, 3.63) is 0 Å². The zero-order valence-electron chi connectivity index (χ0n) is 9.94. The zero-order chi connectivity index (χ0) is 12.1. The Kier molecular flexibility index (Phi) is 5.41. The van der Waals surface area contributed by atoms with Crippen molar-refractivity contribution in [2.75, 3.05) is 0 Å². The van der Waals surface area contributed by atoms with E-state index in [0.717, 1.165) is 25.7 Å². The third-order valence-corrected chi connectivity index (χ3v) is 4.59. The molecule has 1 unspecified atom stereocenters. The van der Waals surface area contributed by atoms with Crippen LogP contribution in [0.25, 0.3) is 0 Å². The Bertz CT molecular complexity index is 262. The molecule has 5 heteroatoms. The summed E-state index contributed by atoms with van der Waals surface area (Å²) in [6, 6.07) is -0.706. The standard InChI is InChI=1S/C11H21NO3S/c1-8(2)10(11(13)14)12-16(15)9-6-4-3-5-7-9/h8-10,12H,3-7H2,1-2H3,(H,13,14)/t10-,16?/m0/s1. The molecule has 1 saturated carbocycles. The van der Waals surface area contributed by atoms with E-state index in [-0.39, 0.29) is 11.2 Å². The molecule has 0 heterocycles. The lowest BCUT2D eigenvalue weighted by Gasteiger charge is -2.24. The predicted octanol–water partition coefficient (Wildman–Crippen LogP) is 1.68. The molecule has 1 aliphatic rings. The molecular weight excluding hydrogens is 226 g/mol. The number of carboxylic acids is 1. The summed E-state index contributed by atoms with van der Waals surface area (Å²) in [5, 5.41) is 9.13. The van der Waals surface area contributed by atoms with E-state index in [1.54, 1.807) is 0 Å². The molecule has 0 spiro atoms. The summed E-state index contributed by atoms with van der Waals surface area (Å²) in [4.78, 5) is 11.0. The van der Waals surface area contributed by atoms with Crippen LogP contribution in [0.5, 0.6) is 0 Å². The molecule has 94 valence electrons. The first-order chi connectivity index (χ1) is 7.52. The molecular formula is C11H21NO3S. The second-order valence-corrected chi connectivity index (χ2v) is 6.23. The minimum Gasteiger partial charge on any atom is -0.480 e. The first-order valence-electron chi connectivity index (χ1n) is 5.92. The molecule has 4 nitrogen and oxygen atoms in total. The van der Waals surface area contributed by atoms with Crippen molar-refractivity contribution >= 4 is 17.0 Å². The first kappa shape index (κ1) is 13.6. The molecule has 1 fully saturated rings. The largest absolute Gasteiger partial charge is 0.480 e. The summed E-state index contributed by atoms with van der Waals surface area (Å²) in [6.07, 6.45) is 5.32. The van der Waals surface area contributed by atoms with E-state index < -0.39 is 23.0 Å². The number of hydrogen-bond acceptors (Lipinski definition) is 2. The Balaban J connectivity index is 2.50. The molecule has 0 amide bonds. The maximum atomic E-state index is 12.0. The second kappa shape index (κ2) is 6.35. The SMILES string of the molecule is CC(C)[C@H](NS(=O)C1CCCCC1)C(=O)O. The normalized spacial score (nSPS) is 21.9. The molecule has 0 aliphatic heterocycles. The maximum Gasteiger partial charge on any atom is 0.321 e. The first-order valence-corrected chi connectivity index (χ1v) is 7.13. The van der Waals surface area contributed by atoms with Gasteiger partial charge < -0.3 is 5.11 Å². The van der Waals surface area contributed by atoms with Gasteiger partial charge >= 0.3 is 5.97 Å². The van der Waals surface area contributed by atoms with Gasteiger partial charge in [0.15, 0.2) is 0 Å². The lowest BCUT2D eigenvalue weighted by Crippen LogP contribution is -2.45. The van der Waals surface area contributed by atoms with Gasteiger partial charge in [0, 0.05) is 5.25 Å². The van der Waals surface area contributed by atoms with E-state index in [9.17, 15) is 9.00 Å². The fraction of sp³-hybridized carbons (Fsp3) is 0.909. The zero-order valence-corrected chi connectivity index (χ0v) is 10.8. The lowest BCUT2D eigenvalue weighted by molar-refractivity contribution is -0.140. The maximum absolute atomic E-state index is 12.0. The van der Waals surface area contributed by atoms with E-state index in [0.29, 0.717) is 0 Å². The third kappa shape index (κ3) is 3.87. The highest BCUT2D eigenvalue weighted by Gasteiger charge is 2.27. The Morgan fingerprint density at radius 2 is 1.88 bits per heavy atom. The number of carboxylic acid groups (broad SMARTS) is 1. The predicted molar refractivity (Wildman–Crippen MR) is 64.4 cm³/mol. The van der Waals surface area contributed by atoms with Gasteiger partial charge in [0.05, 0.1) is 11.0 Å². The van der Waals surface area contributed by atoms with Crippen molar-refractivity contribution in [1.29, 1.82) is 0 Å². The van der Waals surface area contributed by atoms with Crippen LogP contribution in [-0.4, -0.2) is 26.6 Å². The van der Waals surface area contributed by atoms with Gasteiger partial charge in [-0.15, -0.1) is 0 Å². The highest BCUT2D eigenvalue weighted by Crippen LogP contribution is 2.21. The topological polar surface area (TPSA) is 66.4 Å². The van der Waals surface area contributed by atoms with Crippen molar-refractivity contribution in [3.8, 4) is 0 Å². The summed E-state index contributed by atoms with van der Waals surface area (Å²) in [5.74, 6) is -0.968. The molecule has 0 aromatic carbocycles. The van der Waals surface area contributed by atoms with Crippen LogP contribution in [0.15, 0.2) is 0 Å². The van der Waals surface area contributed by atoms with Crippen LogP contribution in [0, 0.1) is 5.92 Å². The molecule has 2 atom stereocenters. The third-order valence-electron chi connectivity index (χ3n) is 3.03. The Morgan fingerprint density at radius 1 is 1.31 bits per heavy atom. The molecule has 0 bridgehead atoms. The van der Waals surface area contributed by atoms with Gasteiger partial charge in [-0.3, -0.25) is 4.79 Å². The van der Waals surface area contributed by atoms with Crippen molar-refractivity contribution in [2.24, 2.45) is 5.92 Å². The molecule has 16 heavy (non-hydrogen) atoms. The average Bonchev–Trinajstić information content (AvgIpc) is 2.25. The highest BCUT2D eigenvalue weighted by molar-refractivity contribution is 7.83. The van der Waals surface area contributed by atoms with Crippen LogP contribution in [0.4, 0.5) is 0 Å². The van der Waals surface area contributed by atoms with Gasteiger partial charge in [0.1, 0.15) is 6.04 Å². The van der Waals surface area contributed by atoms with E-state index in [1.807, 2.05) is 13.8 Å². The van der Waals surface area contributed by atoms with Crippen LogP contribution in [0.2, 0.25) is 0 Å². The van der Waals surface area contributed by atoms with Gasteiger partial charge in [0.25, 0.3) is 0 Å². The van der Waals surface area contributed by atoms with Crippen LogP contribution in [0.3, 0.4) is 0 Å². The van der Waals surface area contributed by atoms with Crippen LogP contribution in [0.1, 0.15) is 46.0 Å².